The molecule has 3 N–H and O–H groups in total. The summed E-state index contributed by atoms with van der Waals surface area (Å²) in [6, 6.07) is 15.3. The van der Waals surface area contributed by atoms with Crippen molar-refractivity contribution in [2.24, 2.45) is 11.7 Å². The maximum Gasteiger partial charge on any atom is 0.276 e. The lowest BCUT2D eigenvalue weighted by Crippen LogP contribution is -2.38. The first kappa shape index (κ1) is 19.6. The number of carbonyl (C=O) groups is 2. The van der Waals surface area contributed by atoms with Crippen molar-refractivity contribution in [3.8, 4) is 5.69 Å². The van der Waals surface area contributed by atoms with E-state index in [1.54, 1.807) is 30.5 Å². The molecule has 0 bridgehead atoms. The SMILES string of the molecule is NC(=O)C1CCN(c2ccc(NC(=O)c3ccn(-c4ccccc4F)n3)cc2)CC1. The lowest BCUT2D eigenvalue weighted by atomic mass is 9.96. The van der Waals surface area contributed by atoms with E-state index in [1.165, 1.54) is 10.7 Å². The van der Waals surface area contributed by atoms with Gasteiger partial charge in [-0.3, -0.25) is 9.59 Å². The van der Waals surface area contributed by atoms with E-state index >= 15 is 0 Å². The number of benzene rings is 2. The molecule has 8 heteroatoms. The standard InChI is InChI=1S/C22H22FN5O2/c23-18-3-1-2-4-20(18)28-14-11-19(26-28)22(30)25-16-5-7-17(8-6-16)27-12-9-15(10-13-27)21(24)29/h1-8,11,14-15H,9-10,12-13H2,(H2,24,29)(H,25,30). The highest BCUT2D eigenvalue weighted by atomic mass is 19.1. The van der Waals surface area contributed by atoms with Crippen LogP contribution in [0.4, 0.5) is 15.8 Å². The normalized spacial score (nSPS) is 14.5. The topological polar surface area (TPSA) is 93.3 Å². The Hall–Kier alpha value is -3.68. The number of para-hydroxylation sites is 1. The number of anilines is 2. The molecule has 4 rings (SSSR count). The summed E-state index contributed by atoms with van der Waals surface area (Å²) in [7, 11) is 0. The summed E-state index contributed by atoms with van der Waals surface area (Å²) >= 11 is 0. The zero-order chi connectivity index (χ0) is 21.1. The Morgan fingerprint density at radius 2 is 1.73 bits per heavy atom. The van der Waals surface area contributed by atoms with Crippen molar-refractivity contribution in [2.75, 3.05) is 23.3 Å². The average Bonchev–Trinajstić information content (AvgIpc) is 3.25. The summed E-state index contributed by atoms with van der Waals surface area (Å²) in [4.78, 5) is 26.0. The van der Waals surface area contributed by atoms with Crippen molar-refractivity contribution >= 4 is 23.2 Å². The van der Waals surface area contributed by atoms with Crippen LogP contribution in [-0.2, 0) is 4.79 Å². The first-order chi connectivity index (χ1) is 14.5. The van der Waals surface area contributed by atoms with Gasteiger partial charge in [0.15, 0.2) is 5.69 Å². The number of carbonyl (C=O) groups excluding carboxylic acids is 2. The van der Waals surface area contributed by atoms with Crippen molar-refractivity contribution in [2.45, 2.75) is 12.8 Å². The number of primary amides is 1. The highest BCUT2D eigenvalue weighted by molar-refractivity contribution is 6.02. The second-order valence-corrected chi connectivity index (χ2v) is 7.26. The van der Waals surface area contributed by atoms with Crippen LogP contribution in [-0.4, -0.2) is 34.7 Å². The van der Waals surface area contributed by atoms with Crippen molar-refractivity contribution in [1.29, 1.82) is 0 Å². The monoisotopic (exact) mass is 407 g/mol. The van der Waals surface area contributed by atoms with Gasteiger partial charge in [0.05, 0.1) is 0 Å². The molecule has 0 aliphatic carbocycles. The van der Waals surface area contributed by atoms with Gasteiger partial charge in [0, 0.05) is 36.6 Å². The molecule has 2 aromatic carbocycles. The van der Waals surface area contributed by atoms with Crippen molar-refractivity contribution in [1.82, 2.24) is 9.78 Å². The zero-order valence-corrected chi connectivity index (χ0v) is 16.3. The van der Waals surface area contributed by atoms with Crippen LogP contribution in [0.3, 0.4) is 0 Å². The van der Waals surface area contributed by atoms with Gasteiger partial charge in [-0.1, -0.05) is 12.1 Å². The van der Waals surface area contributed by atoms with E-state index in [2.05, 4.69) is 15.3 Å². The smallest absolute Gasteiger partial charge is 0.276 e. The maximum absolute atomic E-state index is 13.9. The highest BCUT2D eigenvalue weighted by Crippen LogP contribution is 2.24. The first-order valence-corrected chi connectivity index (χ1v) is 9.77. The molecule has 30 heavy (non-hydrogen) atoms. The molecular formula is C22H22FN5O2. The third kappa shape index (κ3) is 4.17. The van der Waals surface area contributed by atoms with Crippen LogP contribution >= 0.6 is 0 Å². The molecule has 1 saturated heterocycles. The molecular weight excluding hydrogens is 385 g/mol. The second kappa shape index (κ2) is 8.36. The van der Waals surface area contributed by atoms with Gasteiger partial charge in [0.2, 0.25) is 5.91 Å². The van der Waals surface area contributed by atoms with Gasteiger partial charge >= 0.3 is 0 Å². The Morgan fingerprint density at radius 3 is 2.40 bits per heavy atom. The molecule has 3 aromatic rings. The minimum atomic E-state index is -0.414. The molecule has 0 radical (unpaired) electrons. The fourth-order valence-electron chi connectivity index (χ4n) is 3.59. The third-order valence-corrected chi connectivity index (χ3v) is 5.31. The zero-order valence-electron chi connectivity index (χ0n) is 16.3. The Bertz CT molecular complexity index is 1060. The van der Waals surface area contributed by atoms with Gasteiger partial charge in [0.25, 0.3) is 5.91 Å². The molecule has 0 unspecified atom stereocenters. The maximum atomic E-state index is 13.9. The molecule has 0 saturated carbocycles. The average molecular weight is 407 g/mol. The van der Waals surface area contributed by atoms with E-state index in [0.717, 1.165) is 31.6 Å². The number of rotatable bonds is 5. The minimum Gasteiger partial charge on any atom is -0.371 e. The summed E-state index contributed by atoms with van der Waals surface area (Å²) in [6.07, 6.45) is 3.04. The number of halogens is 1. The molecule has 7 nitrogen and oxygen atoms in total. The van der Waals surface area contributed by atoms with E-state index < -0.39 is 5.82 Å². The Labute approximate surface area is 173 Å². The number of nitrogens with two attached hydrogens (primary N) is 1. The Balaban J connectivity index is 1.39. The molecule has 2 heterocycles. The number of hydrogen-bond donors (Lipinski definition) is 2. The molecule has 1 aliphatic heterocycles. The van der Waals surface area contributed by atoms with Gasteiger partial charge in [-0.25, -0.2) is 9.07 Å². The Morgan fingerprint density at radius 1 is 1.03 bits per heavy atom. The van der Waals surface area contributed by atoms with E-state index in [1.807, 2.05) is 24.3 Å². The first-order valence-electron chi connectivity index (χ1n) is 9.77. The minimum absolute atomic E-state index is 0.0519. The van der Waals surface area contributed by atoms with Gasteiger partial charge in [-0.2, -0.15) is 5.10 Å². The van der Waals surface area contributed by atoms with Crippen LogP contribution in [0, 0.1) is 11.7 Å². The fraction of sp³-hybridized carbons (Fsp3) is 0.227. The number of aromatic nitrogens is 2. The fourth-order valence-corrected chi connectivity index (χ4v) is 3.59. The molecule has 2 amide bonds. The van der Waals surface area contributed by atoms with Crippen LogP contribution in [0.5, 0.6) is 0 Å². The quantitative estimate of drug-likeness (QED) is 0.680. The van der Waals surface area contributed by atoms with Crippen molar-refractivity contribution < 1.29 is 14.0 Å². The third-order valence-electron chi connectivity index (χ3n) is 5.31. The van der Waals surface area contributed by atoms with E-state index in [4.69, 9.17) is 5.73 Å². The van der Waals surface area contributed by atoms with Crippen LogP contribution in [0.15, 0.2) is 60.8 Å². The predicted molar refractivity (Wildman–Crippen MR) is 112 cm³/mol. The summed E-state index contributed by atoms with van der Waals surface area (Å²) in [5.74, 6) is -1.07. The molecule has 1 aliphatic rings. The molecule has 0 spiro atoms. The van der Waals surface area contributed by atoms with Crippen LogP contribution in [0.1, 0.15) is 23.3 Å². The lowest BCUT2D eigenvalue weighted by Gasteiger charge is -2.32. The van der Waals surface area contributed by atoms with E-state index in [0.29, 0.717) is 5.69 Å². The van der Waals surface area contributed by atoms with Crippen LogP contribution < -0.4 is 16.0 Å². The molecule has 1 fully saturated rings. The van der Waals surface area contributed by atoms with Crippen LogP contribution in [0.2, 0.25) is 0 Å². The number of hydrogen-bond acceptors (Lipinski definition) is 4. The summed E-state index contributed by atoms with van der Waals surface area (Å²) in [5, 5.41) is 6.97. The predicted octanol–water partition coefficient (Wildman–Crippen LogP) is 2.97. The largest absolute Gasteiger partial charge is 0.371 e. The van der Waals surface area contributed by atoms with E-state index in [-0.39, 0.29) is 29.1 Å². The summed E-state index contributed by atoms with van der Waals surface area (Å²) < 4.78 is 15.2. The summed E-state index contributed by atoms with van der Waals surface area (Å²) in [5.41, 5.74) is 7.52. The van der Waals surface area contributed by atoms with Gasteiger partial charge in [-0.05, 0) is 55.3 Å². The number of nitrogens with zero attached hydrogens (tertiary/aromatic N) is 3. The van der Waals surface area contributed by atoms with Crippen LogP contribution in [0.25, 0.3) is 5.69 Å². The number of nitrogens with one attached hydrogen (secondary N) is 1. The van der Waals surface area contributed by atoms with Gasteiger partial charge < -0.3 is 16.0 Å². The molecule has 1 aromatic heterocycles. The van der Waals surface area contributed by atoms with Gasteiger partial charge in [0.1, 0.15) is 11.5 Å². The molecule has 0 atom stereocenters. The Kier molecular flexibility index (Phi) is 5.47. The van der Waals surface area contributed by atoms with Crippen molar-refractivity contribution in [3.05, 3.63) is 72.3 Å². The second-order valence-electron chi connectivity index (χ2n) is 7.26. The van der Waals surface area contributed by atoms with Gasteiger partial charge in [-0.15, -0.1) is 0 Å². The van der Waals surface area contributed by atoms with Crippen molar-refractivity contribution in [3.63, 3.8) is 0 Å². The lowest BCUT2D eigenvalue weighted by molar-refractivity contribution is -0.122. The number of amides is 2. The molecule has 154 valence electrons. The summed E-state index contributed by atoms with van der Waals surface area (Å²) in [6.45, 7) is 1.54. The number of piperidine rings is 1. The highest BCUT2D eigenvalue weighted by Gasteiger charge is 2.23. The van der Waals surface area contributed by atoms with E-state index in [9.17, 15) is 14.0 Å².